The average molecular weight is 298 g/mol. The van der Waals surface area contributed by atoms with Gasteiger partial charge < -0.3 is 10.4 Å². The summed E-state index contributed by atoms with van der Waals surface area (Å²) in [6.45, 7) is 2.47. The zero-order chi connectivity index (χ0) is 14.2. The van der Waals surface area contributed by atoms with Crippen molar-refractivity contribution in [2.75, 3.05) is 25.2 Å². The summed E-state index contributed by atoms with van der Waals surface area (Å²) >= 11 is 2.05. The first kappa shape index (κ1) is 15.2. The molecule has 4 bridgehead atoms. The topological polar surface area (TPSA) is 32.3 Å². The maximum atomic E-state index is 9.16. The zero-order valence-electron chi connectivity index (χ0n) is 13.1. The lowest BCUT2D eigenvalue weighted by molar-refractivity contribution is -0.0682. The van der Waals surface area contributed by atoms with Gasteiger partial charge in [0.05, 0.1) is 0 Å². The van der Waals surface area contributed by atoms with Crippen molar-refractivity contribution in [3.8, 4) is 0 Å². The molecular formula is C17H31NOS. The lowest BCUT2D eigenvalue weighted by Crippen LogP contribution is -2.56. The van der Waals surface area contributed by atoms with E-state index in [0.29, 0.717) is 24.0 Å². The highest BCUT2D eigenvalue weighted by Crippen LogP contribution is 2.61. The summed E-state index contributed by atoms with van der Waals surface area (Å²) in [6, 6.07) is 0.687. The second kappa shape index (κ2) is 6.18. The molecule has 116 valence electrons. The van der Waals surface area contributed by atoms with Gasteiger partial charge in [-0.3, -0.25) is 0 Å². The summed E-state index contributed by atoms with van der Waals surface area (Å²) in [6.07, 6.45) is 9.06. The Morgan fingerprint density at radius 2 is 1.65 bits per heavy atom. The highest BCUT2D eigenvalue weighted by atomic mass is 32.2. The van der Waals surface area contributed by atoms with Crippen LogP contribution in [0.25, 0.3) is 0 Å². The number of aliphatic hydroxyl groups excluding tert-OH is 1. The van der Waals surface area contributed by atoms with Crippen molar-refractivity contribution in [1.82, 2.24) is 5.32 Å². The lowest BCUT2D eigenvalue weighted by atomic mass is 9.48. The fourth-order valence-corrected chi connectivity index (χ4v) is 7.01. The molecule has 4 rings (SSSR count). The molecule has 0 amide bonds. The summed E-state index contributed by atoms with van der Waals surface area (Å²) < 4.78 is 0. The molecule has 0 aromatic rings. The summed E-state index contributed by atoms with van der Waals surface area (Å²) in [5.41, 5.74) is 0.610. The van der Waals surface area contributed by atoms with Crippen LogP contribution in [0.15, 0.2) is 0 Å². The van der Waals surface area contributed by atoms with Crippen LogP contribution in [0.1, 0.15) is 45.4 Å². The van der Waals surface area contributed by atoms with Crippen molar-refractivity contribution >= 4 is 11.8 Å². The van der Waals surface area contributed by atoms with Crippen molar-refractivity contribution < 1.29 is 5.11 Å². The summed E-state index contributed by atoms with van der Waals surface area (Å²) in [7, 11) is 2.17. The van der Waals surface area contributed by atoms with E-state index in [0.717, 1.165) is 23.5 Å². The van der Waals surface area contributed by atoms with E-state index in [2.05, 4.69) is 19.3 Å². The van der Waals surface area contributed by atoms with Crippen molar-refractivity contribution in [3.05, 3.63) is 0 Å². The lowest BCUT2D eigenvalue weighted by Gasteiger charge is -2.59. The van der Waals surface area contributed by atoms with Crippen LogP contribution in [0, 0.1) is 29.1 Å². The molecule has 0 heterocycles. The maximum absolute atomic E-state index is 9.16. The number of aliphatic hydroxyl groups is 1. The van der Waals surface area contributed by atoms with Gasteiger partial charge in [0.25, 0.3) is 0 Å². The van der Waals surface area contributed by atoms with E-state index in [4.69, 9.17) is 5.11 Å². The SMILES string of the molecule is CNC(CSCC(C)CO)C12CC3CC(CC(C3)C1)C2. The fourth-order valence-electron chi connectivity index (χ4n) is 5.61. The standard InChI is InChI=1S/C17H31NOS/c1-12(9-19)10-20-11-16(18-2)17-6-13-3-14(7-17)5-15(4-13)8-17/h12-16,18-19H,3-11H2,1-2H3. The van der Waals surface area contributed by atoms with Crippen LogP contribution in [-0.2, 0) is 0 Å². The van der Waals surface area contributed by atoms with Crippen molar-refractivity contribution in [1.29, 1.82) is 0 Å². The van der Waals surface area contributed by atoms with Crippen molar-refractivity contribution in [2.45, 2.75) is 51.5 Å². The minimum absolute atomic E-state index is 0.328. The Hall–Kier alpha value is 0.270. The van der Waals surface area contributed by atoms with E-state index < -0.39 is 0 Å². The zero-order valence-corrected chi connectivity index (χ0v) is 13.9. The van der Waals surface area contributed by atoms with Crippen LogP contribution in [0.2, 0.25) is 0 Å². The number of thioether (sulfide) groups is 1. The van der Waals surface area contributed by atoms with Gasteiger partial charge in [-0.25, -0.2) is 0 Å². The molecule has 0 radical (unpaired) electrons. The molecule has 2 unspecified atom stereocenters. The Morgan fingerprint density at radius 3 is 2.10 bits per heavy atom. The molecule has 0 aromatic carbocycles. The summed E-state index contributed by atoms with van der Waals surface area (Å²) in [5.74, 6) is 5.89. The van der Waals surface area contributed by atoms with E-state index in [1.165, 1.54) is 44.3 Å². The second-order valence-corrected chi connectivity index (χ2v) is 9.02. The first-order valence-electron chi connectivity index (χ1n) is 8.51. The van der Waals surface area contributed by atoms with Gasteiger partial charge in [-0.05, 0) is 80.4 Å². The Bertz CT molecular complexity index is 298. The third-order valence-corrected chi connectivity index (χ3v) is 7.55. The molecule has 4 saturated carbocycles. The van der Waals surface area contributed by atoms with Gasteiger partial charge in [0.2, 0.25) is 0 Å². The minimum Gasteiger partial charge on any atom is -0.396 e. The van der Waals surface area contributed by atoms with E-state index in [9.17, 15) is 0 Å². The van der Waals surface area contributed by atoms with Gasteiger partial charge in [0, 0.05) is 18.4 Å². The van der Waals surface area contributed by atoms with E-state index in [-0.39, 0.29) is 0 Å². The van der Waals surface area contributed by atoms with Crippen LogP contribution in [-0.4, -0.2) is 36.3 Å². The molecule has 4 aliphatic rings. The first-order valence-corrected chi connectivity index (χ1v) is 9.66. The molecular weight excluding hydrogens is 266 g/mol. The normalized spacial score (nSPS) is 41.9. The van der Waals surface area contributed by atoms with Gasteiger partial charge in [-0.2, -0.15) is 11.8 Å². The smallest absolute Gasteiger partial charge is 0.0464 e. The number of nitrogens with one attached hydrogen (secondary N) is 1. The largest absolute Gasteiger partial charge is 0.396 e. The van der Waals surface area contributed by atoms with Gasteiger partial charge in [-0.1, -0.05) is 6.92 Å². The first-order chi connectivity index (χ1) is 9.65. The van der Waals surface area contributed by atoms with Crippen molar-refractivity contribution in [2.24, 2.45) is 29.1 Å². The number of hydrogen-bond acceptors (Lipinski definition) is 3. The monoisotopic (exact) mass is 297 g/mol. The second-order valence-electron chi connectivity index (χ2n) is 7.95. The van der Waals surface area contributed by atoms with Crippen LogP contribution < -0.4 is 5.32 Å². The Labute approximate surface area is 128 Å². The fraction of sp³-hybridized carbons (Fsp3) is 1.00. The van der Waals surface area contributed by atoms with Crippen molar-refractivity contribution in [3.63, 3.8) is 0 Å². The van der Waals surface area contributed by atoms with Gasteiger partial charge in [0.1, 0.15) is 0 Å². The molecule has 0 aromatic heterocycles. The minimum atomic E-state index is 0.328. The molecule has 0 spiro atoms. The molecule has 2 atom stereocenters. The predicted octanol–water partition coefficient (Wildman–Crippen LogP) is 3.15. The molecule has 2 N–H and O–H groups in total. The number of rotatable bonds is 7. The molecule has 3 heteroatoms. The average Bonchev–Trinajstić information content (AvgIpc) is 2.41. The molecule has 4 aliphatic carbocycles. The molecule has 2 nitrogen and oxygen atoms in total. The third kappa shape index (κ3) is 2.91. The predicted molar refractivity (Wildman–Crippen MR) is 87.0 cm³/mol. The van der Waals surface area contributed by atoms with Crippen LogP contribution in [0.3, 0.4) is 0 Å². The van der Waals surface area contributed by atoms with Gasteiger partial charge in [0.15, 0.2) is 0 Å². The highest BCUT2D eigenvalue weighted by Gasteiger charge is 2.53. The quantitative estimate of drug-likeness (QED) is 0.757. The van der Waals surface area contributed by atoms with Gasteiger partial charge in [-0.15, -0.1) is 0 Å². The summed E-state index contributed by atoms with van der Waals surface area (Å²) in [4.78, 5) is 0. The highest BCUT2D eigenvalue weighted by molar-refractivity contribution is 7.99. The third-order valence-electron chi connectivity index (χ3n) is 6.17. The van der Waals surface area contributed by atoms with E-state index in [1.54, 1.807) is 0 Å². The maximum Gasteiger partial charge on any atom is 0.0464 e. The summed E-state index contributed by atoms with van der Waals surface area (Å²) in [5, 5.41) is 12.8. The molecule has 0 aliphatic heterocycles. The van der Waals surface area contributed by atoms with Crippen LogP contribution in [0.4, 0.5) is 0 Å². The molecule has 0 saturated heterocycles. The van der Waals surface area contributed by atoms with Gasteiger partial charge >= 0.3 is 0 Å². The Morgan fingerprint density at radius 1 is 1.10 bits per heavy atom. The van der Waals surface area contributed by atoms with Crippen LogP contribution >= 0.6 is 11.8 Å². The molecule has 20 heavy (non-hydrogen) atoms. The Kier molecular flexibility index (Phi) is 4.69. The van der Waals surface area contributed by atoms with E-state index >= 15 is 0 Å². The Balaban J connectivity index is 1.60. The van der Waals surface area contributed by atoms with Crippen LogP contribution in [0.5, 0.6) is 0 Å². The number of hydrogen-bond donors (Lipinski definition) is 2. The molecule has 4 fully saturated rings. The van der Waals surface area contributed by atoms with E-state index in [1.807, 2.05) is 11.8 Å².